The molecule has 0 N–H and O–H groups in total. The lowest BCUT2D eigenvalue weighted by Gasteiger charge is -2.24. The van der Waals surface area contributed by atoms with E-state index in [2.05, 4.69) is 57.5 Å². The smallest absolute Gasteiger partial charge is 0.338 e. The fourth-order valence-corrected chi connectivity index (χ4v) is 6.22. The predicted molar refractivity (Wildman–Crippen MR) is 155 cm³/mol. The van der Waals surface area contributed by atoms with Crippen molar-refractivity contribution in [3.63, 3.8) is 0 Å². The van der Waals surface area contributed by atoms with Gasteiger partial charge >= 0.3 is 5.97 Å². The number of aromatic nitrogens is 2. The summed E-state index contributed by atoms with van der Waals surface area (Å²) in [5, 5.41) is 0. The van der Waals surface area contributed by atoms with Gasteiger partial charge in [-0.25, -0.2) is 9.79 Å². The van der Waals surface area contributed by atoms with Crippen molar-refractivity contribution in [1.82, 2.24) is 9.13 Å². The molecule has 2 aromatic heterocycles. The molecule has 0 saturated carbocycles. The summed E-state index contributed by atoms with van der Waals surface area (Å²) in [4.78, 5) is 32.2. The Hall–Kier alpha value is -3.49. The Morgan fingerprint density at radius 2 is 1.76 bits per heavy atom. The highest BCUT2D eigenvalue weighted by Gasteiger charge is 2.33. The van der Waals surface area contributed by atoms with Crippen LogP contribution in [0.25, 0.3) is 11.8 Å². The highest BCUT2D eigenvalue weighted by atomic mass is 79.9. The number of carbonyl (C=O) groups excluding carboxylic acids is 1. The molecule has 5 rings (SSSR count). The van der Waals surface area contributed by atoms with E-state index in [0.29, 0.717) is 20.6 Å². The van der Waals surface area contributed by atoms with Crippen LogP contribution in [0.4, 0.5) is 0 Å². The van der Waals surface area contributed by atoms with Gasteiger partial charge in [0, 0.05) is 21.5 Å². The van der Waals surface area contributed by atoms with Crippen molar-refractivity contribution >= 4 is 39.3 Å². The molecule has 0 fully saturated rings. The lowest BCUT2D eigenvalue weighted by Crippen LogP contribution is -2.39. The number of thiazole rings is 1. The Morgan fingerprint density at radius 3 is 2.42 bits per heavy atom. The van der Waals surface area contributed by atoms with E-state index >= 15 is 0 Å². The molecule has 1 atom stereocenters. The zero-order valence-corrected chi connectivity index (χ0v) is 24.3. The third-order valence-electron chi connectivity index (χ3n) is 6.75. The van der Waals surface area contributed by atoms with E-state index in [4.69, 9.17) is 4.74 Å². The molecule has 8 heteroatoms. The van der Waals surface area contributed by atoms with Crippen LogP contribution < -0.4 is 14.9 Å². The predicted octanol–water partition coefficient (Wildman–Crippen LogP) is 5.28. The van der Waals surface area contributed by atoms with Crippen LogP contribution in [0.3, 0.4) is 0 Å². The largest absolute Gasteiger partial charge is 0.463 e. The lowest BCUT2D eigenvalue weighted by molar-refractivity contribution is -0.139. The van der Waals surface area contributed by atoms with E-state index in [1.165, 1.54) is 11.3 Å². The monoisotopic (exact) mass is 589 g/mol. The maximum Gasteiger partial charge on any atom is 0.338 e. The molecule has 0 radical (unpaired) electrons. The van der Waals surface area contributed by atoms with E-state index < -0.39 is 12.0 Å². The SMILES string of the molecule is CCOC(=O)C1=C(C)N=c2s/c(=C\c3cc(C)n(-c4ccc(Br)cc4)c3C)c(=O)n2C1c1ccc(C)cc1. The highest BCUT2D eigenvalue weighted by molar-refractivity contribution is 9.10. The van der Waals surface area contributed by atoms with Crippen molar-refractivity contribution in [3.05, 3.63) is 118 Å². The molecule has 2 aromatic carbocycles. The van der Waals surface area contributed by atoms with Crippen molar-refractivity contribution in [3.8, 4) is 5.69 Å². The number of halogens is 1. The molecular formula is C30H28BrN3O3S. The molecule has 0 bridgehead atoms. The van der Waals surface area contributed by atoms with Crippen LogP contribution in [-0.2, 0) is 9.53 Å². The number of hydrogen-bond acceptors (Lipinski definition) is 5. The van der Waals surface area contributed by atoms with Gasteiger partial charge in [0.2, 0.25) is 0 Å². The van der Waals surface area contributed by atoms with Crippen LogP contribution >= 0.6 is 27.3 Å². The van der Waals surface area contributed by atoms with Gasteiger partial charge in [0.1, 0.15) is 0 Å². The van der Waals surface area contributed by atoms with Crippen LogP contribution in [0.15, 0.2) is 80.1 Å². The van der Waals surface area contributed by atoms with Gasteiger partial charge < -0.3 is 9.30 Å². The number of esters is 1. The summed E-state index contributed by atoms with van der Waals surface area (Å²) in [6, 6.07) is 17.5. The van der Waals surface area contributed by atoms with Crippen LogP contribution in [0.2, 0.25) is 0 Å². The van der Waals surface area contributed by atoms with E-state index in [1.54, 1.807) is 18.4 Å². The van der Waals surface area contributed by atoms with Gasteiger partial charge in [0.25, 0.3) is 5.56 Å². The number of benzene rings is 2. The molecule has 0 aliphatic carbocycles. The minimum absolute atomic E-state index is 0.179. The Morgan fingerprint density at radius 1 is 1.08 bits per heavy atom. The summed E-state index contributed by atoms with van der Waals surface area (Å²) in [7, 11) is 0. The van der Waals surface area contributed by atoms with Crippen molar-refractivity contribution < 1.29 is 9.53 Å². The normalized spacial score (nSPS) is 15.4. The third kappa shape index (κ3) is 4.63. The number of fused-ring (bicyclic) bond motifs is 1. The first-order valence-electron chi connectivity index (χ1n) is 12.4. The maximum atomic E-state index is 13.9. The second-order valence-electron chi connectivity index (χ2n) is 9.35. The molecule has 38 heavy (non-hydrogen) atoms. The topological polar surface area (TPSA) is 65.6 Å². The Balaban J connectivity index is 1.68. The van der Waals surface area contributed by atoms with Crippen LogP contribution in [0.5, 0.6) is 0 Å². The van der Waals surface area contributed by atoms with E-state index in [-0.39, 0.29) is 12.2 Å². The van der Waals surface area contributed by atoms with Crippen molar-refractivity contribution in [2.24, 2.45) is 4.99 Å². The first-order chi connectivity index (χ1) is 18.2. The zero-order chi connectivity index (χ0) is 27.1. The molecule has 1 aliphatic heterocycles. The summed E-state index contributed by atoms with van der Waals surface area (Å²) in [5.41, 5.74) is 6.84. The Labute approximate surface area is 233 Å². The Bertz CT molecular complexity index is 1760. The fraction of sp³-hybridized carbons (Fsp3) is 0.233. The number of aryl methyl sites for hydroxylation is 2. The summed E-state index contributed by atoms with van der Waals surface area (Å²) >= 11 is 4.84. The van der Waals surface area contributed by atoms with E-state index in [1.807, 2.05) is 49.4 Å². The van der Waals surface area contributed by atoms with Gasteiger partial charge in [-0.1, -0.05) is 57.1 Å². The summed E-state index contributed by atoms with van der Waals surface area (Å²) < 4.78 is 10.8. The Kier molecular flexibility index (Phi) is 7.11. The fourth-order valence-electron chi connectivity index (χ4n) is 4.92. The molecule has 4 aromatic rings. The zero-order valence-electron chi connectivity index (χ0n) is 21.9. The molecule has 1 unspecified atom stereocenters. The number of allylic oxidation sites excluding steroid dienone is 1. The number of ether oxygens (including phenoxy) is 1. The van der Waals surface area contributed by atoms with Crippen molar-refractivity contribution in [2.45, 2.75) is 40.7 Å². The van der Waals surface area contributed by atoms with Crippen LogP contribution in [0, 0.1) is 20.8 Å². The summed E-state index contributed by atoms with van der Waals surface area (Å²) in [6.45, 7) is 9.93. The number of rotatable bonds is 5. The standard InChI is InChI=1S/C30H28BrN3O3S/c1-6-37-29(36)26-19(4)32-30-34(27(26)21-9-7-17(2)8-10-21)28(35)25(38-30)16-22-15-18(3)33(20(22)5)24-13-11-23(31)12-14-24/h7-16,27H,6H2,1-5H3/b25-16-. The molecule has 3 heterocycles. The van der Waals surface area contributed by atoms with Gasteiger partial charge in [0.15, 0.2) is 4.80 Å². The van der Waals surface area contributed by atoms with Gasteiger partial charge in [-0.3, -0.25) is 9.36 Å². The van der Waals surface area contributed by atoms with E-state index in [0.717, 1.165) is 38.2 Å². The maximum absolute atomic E-state index is 13.9. The summed E-state index contributed by atoms with van der Waals surface area (Å²) in [5.74, 6) is -0.452. The van der Waals surface area contributed by atoms with Gasteiger partial charge in [-0.05, 0) is 82.2 Å². The molecule has 194 valence electrons. The molecule has 0 amide bonds. The third-order valence-corrected chi connectivity index (χ3v) is 8.26. The minimum atomic E-state index is -0.608. The number of carbonyl (C=O) groups is 1. The molecule has 0 saturated heterocycles. The number of hydrogen-bond donors (Lipinski definition) is 0. The van der Waals surface area contributed by atoms with Crippen LogP contribution in [0.1, 0.15) is 48.0 Å². The van der Waals surface area contributed by atoms with Crippen molar-refractivity contribution in [2.75, 3.05) is 6.61 Å². The second-order valence-corrected chi connectivity index (χ2v) is 11.3. The quantitative estimate of drug-likeness (QED) is 0.298. The lowest BCUT2D eigenvalue weighted by atomic mass is 9.95. The molecule has 1 aliphatic rings. The van der Waals surface area contributed by atoms with E-state index in [9.17, 15) is 9.59 Å². The molecular weight excluding hydrogens is 562 g/mol. The van der Waals surface area contributed by atoms with Gasteiger partial charge in [-0.2, -0.15) is 0 Å². The molecule has 0 spiro atoms. The van der Waals surface area contributed by atoms with Crippen molar-refractivity contribution in [1.29, 1.82) is 0 Å². The van der Waals surface area contributed by atoms with Gasteiger partial charge in [-0.15, -0.1) is 0 Å². The average Bonchev–Trinajstić information content (AvgIpc) is 3.34. The van der Waals surface area contributed by atoms with Crippen LogP contribution in [-0.4, -0.2) is 21.7 Å². The average molecular weight is 591 g/mol. The summed E-state index contributed by atoms with van der Waals surface area (Å²) in [6.07, 6.45) is 1.93. The second kappa shape index (κ2) is 10.3. The first kappa shape index (κ1) is 26.1. The van der Waals surface area contributed by atoms with Gasteiger partial charge in [0.05, 0.1) is 28.5 Å². The molecule has 6 nitrogen and oxygen atoms in total. The minimum Gasteiger partial charge on any atom is -0.463 e. The number of nitrogens with zero attached hydrogens (tertiary/aromatic N) is 3. The first-order valence-corrected chi connectivity index (χ1v) is 14.0. The highest BCUT2D eigenvalue weighted by Crippen LogP contribution is 2.31.